The van der Waals surface area contributed by atoms with E-state index in [1.54, 1.807) is 17.0 Å². The maximum Gasteiger partial charge on any atom is 0.251 e. The lowest BCUT2D eigenvalue weighted by molar-refractivity contribution is -0.117. The number of amides is 2. The molecule has 1 heterocycles. The molecule has 0 bridgehead atoms. The first-order valence-electron chi connectivity index (χ1n) is 8.16. The van der Waals surface area contributed by atoms with E-state index in [-0.39, 0.29) is 17.9 Å². The fourth-order valence-corrected chi connectivity index (χ4v) is 3.24. The molecule has 1 unspecified atom stereocenters. The molecule has 0 aliphatic carbocycles. The van der Waals surface area contributed by atoms with E-state index >= 15 is 0 Å². The lowest BCUT2D eigenvalue weighted by Crippen LogP contribution is -2.37. The minimum Gasteiger partial charge on any atom is -0.494 e. The Kier molecular flexibility index (Phi) is 5.38. The van der Waals surface area contributed by atoms with Crippen LogP contribution in [0.15, 0.2) is 53.0 Å². The number of nitrogens with one attached hydrogen (secondary N) is 1. The van der Waals surface area contributed by atoms with Crippen LogP contribution in [-0.4, -0.2) is 31.0 Å². The number of halogens is 1. The van der Waals surface area contributed by atoms with Crippen LogP contribution in [0.3, 0.4) is 0 Å². The average molecular weight is 403 g/mol. The predicted molar refractivity (Wildman–Crippen MR) is 100.0 cm³/mol. The van der Waals surface area contributed by atoms with Gasteiger partial charge in [-0.25, -0.2) is 0 Å². The van der Waals surface area contributed by atoms with Crippen LogP contribution in [0.1, 0.15) is 23.7 Å². The fraction of sp³-hybridized carbons (Fsp3) is 0.263. The van der Waals surface area contributed by atoms with E-state index in [0.717, 1.165) is 15.9 Å². The van der Waals surface area contributed by atoms with Crippen LogP contribution >= 0.6 is 15.9 Å². The average Bonchev–Trinajstić information content (AvgIpc) is 2.96. The molecular formula is C19H19BrN2O3. The molecule has 6 heteroatoms. The quantitative estimate of drug-likeness (QED) is 0.833. The normalized spacial score (nSPS) is 16.8. The van der Waals surface area contributed by atoms with Crippen LogP contribution in [0.4, 0.5) is 5.69 Å². The molecule has 25 heavy (non-hydrogen) atoms. The highest BCUT2D eigenvalue weighted by atomic mass is 79.9. The van der Waals surface area contributed by atoms with Crippen molar-refractivity contribution >= 4 is 33.4 Å². The second kappa shape index (κ2) is 7.70. The smallest absolute Gasteiger partial charge is 0.251 e. The van der Waals surface area contributed by atoms with Crippen molar-refractivity contribution in [1.82, 2.24) is 5.32 Å². The van der Waals surface area contributed by atoms with Crippen LogP contribution < -0.4 is 15.0 Å². The zero-order valence-electron chi connectivity index (χ0n) is 13.9. The van der Waals surface area contributed by atoms with Crippen molar-refractivity contribution in [3.8, 4) is 5.75 Å². The molecule has 0 spiro atoms. The Balaban J connectivity index is 1.65. The maximum absolute atomic E-state index is 12.3. The number of hydrogen-bond acceptors (Lipinski definition) is 3. The summed E-state index contributed by atoms with van der Waals surface area (Å²) in [4.78, 5) is 26.3. The van der Waals surface area contributed by atoms with Crippen molar-refractivity contribution in [3.63, 3.8) is 0 Å². The minimum atomic E-state index is -0.203. The summed E-state index contributed by atoms with van der Waals surface area (Å²) in [6.07, 6.45) is 0.299. The van der Waals surface area contributed by atoms with E-state index in [4.69, 9.17) is 4.74 Å². The number of benzene rings is 2. The van der Waals surface area contributed by atoms with Gasteiger partial charge in [-0.05, 0) is 49.4 Å². The topological polar surface area (TPSA) is 58.6 Å². The van der Waals surface area contributed by atoms with Gasteiger partial charge in [-0.3, -0.25) is 9.59 Å². The number of nitrogens with zero attached hydrogens (tertiary/aromatic N) is 1. The number of anilines is 1. The lowest BCUT2D eigenvalue weighted by atomic mass is 10.2. The van der Waals surface area contributed by atoms with Gasteiger partial charge in [0.1, 0.15) is 5.75 Å². The number of hydrogen-bond donors (Lipinski definition) is 1. The molecule has 3 rings (SSSR count). The molecule has 0 aromatic heterocycles. The van der Waals surface area contributed by atoms with Gasteiger partial charge in [-0.15, -0.1) is 0 Å². The molecule has 1 fully saturated rings. The number of rotatable bonds is 5. The first-order chi connectivity index (χ1) is 12.1. The second-order valence-corrected chi connectivity index (χ2v) is 6.73. The summed E-state index contributed by atoms with van der Waals surface area (Å²) in [5.74, 6) is 0.605. The third kappa shape index (κ3) is 4.20. The molecule has 1 saturated heterocycles. The predicted octanol–water partition coefficient (Wildman–Crippen LogP) is 3.38. The Morgan fingerprint density at radius 1 is 1.28 bits per heavy atom. The van der Waals surface area contributed by atoms with Crippen molar-refractivity contribution in [2.45, 2.75) is 19.4 Å². The van der Waals surface area contributed by atoms with Gasteiger partial charge in [0.2, 0.25) is 5.91 Å². The van der Waals surface area contributed by atoms with Crippen molar-refractivity contribution < 1.29 is 14.3 Å². The van der Waals surface area contributed by atoms with Gasteiger partial charge >= 0.3 is 0 Å². The van der Waals surface area contributed by atoms with Gasteiger partial charge in [0, 0.05) is 28.7 Å². The van der Waals surface area contributed by atoms with Crippen molar-refractivity contribution in [2.75, 3.05) is 18.1 Å². The maximum atomic E-state index is 12.3. The minimum absolute atomic E-state index is 0.00343. The molecule has 130 valence electrons. The van der Waals surface area contributed by atoms with Crippen molar-refractivity contribution in [3.05, 3.63) is 58.6 Å². The summed E-state index contributed by atoms with van der Waals surface area (Å²) in [7, 11) is 0. The largest absolute Gasteiger partial charge is 0.494 e. The Morgan fingerprint density at radius 3 is 2.72 bits per heavy atom. The third-order valence-electron chi connectivity index (χ3n) is 4.01. The van der Waals surface area contributed by atoms with Crippen LogP contribution in [-0.2, 0) is 4.79 Å². The van der Waals surface area contributed by atoms with Crippen molar-refractivity contribution in [1.29, 1.82) is 0 Å². The first kappa shape index (κ1) is 17.5. The highest BCUT2D eigenvalue weighted by molar-refractivity contribution is 9.10. The molecule has 2 aromatic rings. The Morgan fingerprint density at radius 2 is 2.04 bits per heavy atom. The van der Waals surface area contributed by atoms with Gasteiger partial charge in [-0.1, -0.05) is 22.0 Å². The highest BCUT2D eigenvalue weighted by Crippen LogP contribution is 2.24. The van der Waals surface area contributed by atoms with Gasteiger partial charge < -0.3 is 15.0 Å². The van der Waals surface area contributed by atoms with Crippen LogP contribution in [0, 0.1) is 0 Å². The monoisotopic (exact) mass is 402 g/mol. The van der Waals surface area contributed by atoms with E-state index in [9.17, 15) is 9.59 Å². The summed E-state index contributed by atoms with van der Waals surface area (Å²) >= 11 is 3.36. The van der Waals surface area contributed by atoms with E-state index in [0.29, 0.717) is 25.1 Å². The molecular weight excluding hydrogens is 384 g/mol. The summed E-state index contributed by atoms with van der Waals surface area (Å²) in [6.45, 7) is 2.99. The number of ether oxygens (including phenoxy) is 1. The summed E-state index contributed by atoms with van der Waals surface area (Å²) in [6, 6.07) is 14.4. The van der Waals surface area contributed by atoms with Crippen molar-refractivity contribution in [2.24, 2.45) is 0 Å². The highest BCUT2D eigenvalue weighted by Gasteiger charge is 2.31. The SMILES string of the molecule is CCOc1ccc(N2CC(NC(=O)c3cccc(Br)c3)CC2=O)cc1. The molecule has 1 aliphatic rings. The molecule has 2 aromatic carbocycles. The van der Waals surface area contributed by atoms with Gasteiger partial charge in [-0.2, -0.15) is 0 Å². The molecule has 0 saturated carbocycles. The summed E-state index contributed by atoms with van der Waals surface area (Å²) in [5.41, 5.74) is 1.38. The van der Waals surface area contributed by atoms with Crippen LogP contribution in [0.5, 0.6) is 5.75 Å². The molecule has 1 atom stereocenters. The van der Waals surface area contributed by atoms with E-state index < -0.39 is 0 Å². The molecule has 2 amide bonds. The zero-order valence-corrected chi connectivity index (χ0v) is 15.5. The zero-order chi connectivity index (χ0) is 17.8. The standard InChI is InChI=1S/C19H19BrN2O3/c1-2-25-17-8-6-16(7-9-17)22-12-15(11-18(22)23)21-19(24)13-4-3-5-14(20)10-13/h3-10,15H,2,11-12H2,1H3,(H,21,24). The Labute approximate surface area is 155 Å². The molecule has 1 aliphatic heterocycles. The van der Waals surface area contributed by atoms with Gasteiger partial charge in [0.05, 0.1) is 12.6 Å². The van der Waals surface area contributed by atoms with E-state index in [1.807, 2.05) is 43.3 Å². The Hall–Kier alpha value is -2.34. The van der Waals surface area contributed by atoms with Gasteiger partial charge in [0.25, 0.3) is 5.91 Å². The third-order valence-corrected chi connectivity index (χ3v) is 4.50. The number of carbonyl (C=O) groups is 2. The summed E-state index contributed by atoms with van der Waals surface area (Å²) < 4.78 is 6.26. The molecule has 0 radical (unpaired) electrons. The fourth-order valence-electron chi connectivity index (χ4n) is 2.84. The van der Waals surface area contributed by atoms with Crippen LogP contribution in [0.2, 0.25) is 0 Å². The molecule has 5 nitrogen and oxygen atoms in total. The molecule has 1 N–H and O–H groups in total. The first-order valence-corrected chi connectivity index (χ1v) is 8.96. The van der Waals surface area contributed by atoms with Crippen LogP contribution in [0.25, 0.3) is 0 Å². The number of carbonyl (C=O) groups excluding carboxylic acids is 2. The van der Waals surface area contributed by atoms with Gasteiger partial charge in [0.15, 0.2) is 0 Å². The second-order valence-electron chi connectivity index (χ2n) is 5.82. The lowest BCUT2D eigenvalue weighted by Gasteiger charge is -2.18. The summed E-state index contributed by atoms with van der Waals surface area (Å²) in [5, 5.41) is 2.94. The van der Waals surface area contributed by atoms with E-state index in [2.05, 4.69) is 21.2 Å². The van der Waals surface area contributed by atoms with E-state index in [1.165, 1.54) is 0 Å². The Bertz CT molecular complexity index is 776.